The molecule has 2 aliphatic rings. The highest BCUT2D eigenvalue weighted by atomic mass is 19.1. The summed E-state index contributed by atoms with van der Waals surface area (Å²) in [7, 11) is 0. The molecule has 2 fully saturated rings. The maximum absolute atomic E-state index is 13.0. The van der Waals surface area contributed by atoms with E-state index >= 15 is 0 Å². The first-order valence-corrected chi connectivity index (χ1v) is 9.42. The molecule has 2 heterocycles. The minimum absolute atomic E-state index is 0.172. The number of hydrogen-bond donors (Lipinski definition) is 0. The van der Waals surface area contributed by atoms with Crippen molar-refractivity contribution < 1.29 is 14.0 Å². The number of carbonyl (C=O) groups excluding carboxylic acids is 2. The summed E-state index contributed by atoms with van der Waals surface area (Å²) in [5, 5.41) is 0. The summed E-state index contributed by atoms with van der Waals surface area (Å²) in [4.78, 5) is 27.9. The molecule has 25 heavy (non-hydrogen) atoms. The van der Waals surface area contributed by atoms with Crippen molar-refractivity contribution in [3.05, 3.63) is 35.6 Å². The standard InChI is InChI=1S/C20H27FN2O2/c21-18-9-7-16(8-10-18)5-6-17-3-1-13-23(15-17)20(25)11-14-22-12-2-4-19(22)24/h7-10,17H,1-6,11-15H2. The van der Waals surface area contributed by atoms with Gasteiger partial charge in [0.2, 0.25) is 11.8 Å². The average Bonchev–Trinajstić information content (AvgIpc) is 3.04. The quantitative estimate of drug-likeness (QED) is 0.794. The van der Waals surface area contributed by atoms with Gasteiger partial charge in [-0.1, -0.05) is 12.1 Å². The van der Waals surface area contributed by atoms with E-state index in [-0.39, 0.29) is 17.6 Å². The predicted octanol–water partition coefficient (Wildman–Crippen LogP) is 3.01. The zero-order valence-corrected chi connectivity index (χ0v) is 14.8. The molecule has 2 saturated heterocycles. The Morgan fingerprint density at radius 1 is 1.16 bits per heavy atom. The Morgan fingerprint density at radius 3 is 2.68 bits per heavy atom. The van der Waals surface area contributed by atoms with Gasteiger partial charge in [0, 0.05) is 39.0 Å². The van der Waals surface area contributed by atoms with Gasteiger partial charge in [-0.3, -0.25) is 9.59 Å². The van der Waals surface area contributed by atoms with Gasteiger partial charge >= 0.3 is 0 Å². The second-order valence-electron chi connectivity index (χ2n) is 7.25. The highest BCUT2D eigenvalue weighted by Gasteiger charge is 2.25. The lowest BCUT2D eigenvalue weighted by atomic mass is 9.91. The first-order valence-electron chi connectivity index (χ1n) is 9.42. The summed E-state index contributed by atoms with van der Waals surface area (Å²) in [6.07, 6.45) is 6.13. The van der Waals surface area contributed by atoms with Crippen LogP contribution < -0.4 is 0 Å². The molecule has 2 aliphatic heterocycles. The van der Waals surface area contributed by atoms with Crippen molar-refractivity contribution in [1.29, 1.82) is 0 Å². The molecule has 1 aromatic rings. The molecule has 0 N–H and O–H groups in total. The van der Waals surface area contributed by atoms with Gasteiger partial charge in [0.1, 0.15) is 5.82 Å². The number of likely N-dealkylation sites (tertiary alicyclic amines) is 2. The minimum atomic E-state index is -0.199. The van der Waals surface area contributed by atoms with E-state index in [9.17, 15) is 14.0 Å². The molecule has 0 spiro atoms. The summed E-state index contributed by atoms with van der Waals surface area (Å²) in [6.45, 7) is 3.01. The lowest BCUT2D eigenvalue weighted by Gasteiger charge is -2.33. The number of hydrogen-bond acceptors (Lipinski definition) is 2. The van der Waals surface area contributed by atoms with Crippen LogP contribution in [0.3, 0.4) is 0 Å². The molecule has 1 aromatic carbocycles. The molecule has 1 unspecified atom stereocenters. The van der Waals surface area contributed by atoms with Gasteiger partial charge in [-0.05, 0) is 55.7 Å². The van der Waals surface area contributed by atoms with Crippen molar-refractivity contribution in [2.75, 3.05) is 26.2 Å². The Balaban J connectivity index is 1.43. The lowest BCUT2D eigenvalue weighted by molar-refractivity contribution is -0.134. The van der Waals surface area contributed by atoms with Crippen molar-refractivity contribution in [3.8, 4) is 0 Å². The van der Waals surface area contributed by atoms with Crippen LogP contribution in [0.4, 0.5) is 4.39 Å². The molecule has 0 aromatic heterocycles. The molecular weight excluding hydrogens is 319 g/mol. The number of carbonyl (C=O) groups is 2. The maximum atomic E-state index is 13.0. The average molecular weight is 346 g/mol. The third kappa shape index (κ3) is 5.03. The Kier molecular flexibility index (Phi) is 6.05. The van der Waals surface area contributed by atoms with Crippen molar-refractivity contribution in [2.45, 2.75) is 44.9 Å². The fourth-order valence-electron chi connectivity index (χ4n) is 3.88. The molecule has 0 bridgehead atoms. The van der Waals surface area contributed by atoms with E-state index in [0.29, 0.717) is 25.3 Å². The number of rotatable bonds is 6. The number of nitrogens with zero attached hydrogens (tertiary/aromatic N) is 2. The zero-order chi connectivity index (χ0) is 17.6. The van der Waals surface area contributed by atoms with Crippen LogP contribution >= 0.6 is 0 Å². The number of halogens is 1. The van der Waals surface area contributed by atoms with E-state index in [1.807, 2.05) is 21.9 Å². The summed E-state index contributed by atoms with van der Waals surface area (Å²) >= 11 is 0. The summed E-state index contributed by atoms with van der Waals surface area (Å²) < 4.78 is 13.0. The van der Waals surface area contributed by atoms with Crippen LogP contribution in [0, 0.1) is 11.7 Å². The molecule has 136 valence electrons. The van der Waals surface area contributed by atoms with E-state index in [0.717, 1.165) is 57.3 Å². The molecule has 0 radical (unpaired) electrons. The molecule has 5 heteroatoms. The van der Waals surface area contributed by atoms with E-state index in [1.165, 1.54) is 12.1 Å². The normalized spacial score (nSPS) is 21.0. The minimum Gasteiger partial charge on any atom is -0.342 e. The zero-order valence-electron chi connectivity index (χ0n) is 14.8. The fraction of sp³-hybridized carbons (Fsp3) is 0.600. The highest BCUT2D eigenvalue weighted by molar-refractivity contribution is 5.80. The van der Waals surface area contributed by atoms with Crippen LogP contribution in [0.15, 0.2) is 24.3 Å². The third-order valence-electron chi connectivity index (χ3n) is 5.39. The smallest absolute Gasteiger partial charge is 0.224 e. The molecule has 1 atom stereocenters. The molecular formula is C20H27FN2O2. The number of aryl methyl sites for hydroxylation is 1. The van der Waals surface area contributed by atoms with Gasteiger partial charge in [0.15, 0.2) is 0 Å². The molecule has 3 rings (SSSR count). The van der Waals surface area contributed by atoms with Crippen LogP contribution in [0.1, 0.15) is 44.1 Å². The second kappa shape index (κ2) is 8.45. The van der Waals surface area contributed by atoms with E-state index in [4.69, 9.17) is 0 Å². The summed E-state index contributed by atoms with van der Waals surface area (Å²) in [5.41, 5.74) is 1.15. The Morgan fingerprint density at radius 2 is 1.96 bits per heavy atom. The van der Waals surface area contributed by atoms with Crippen LogP contribution in [0.2, 0.25) is 0 Å². The van der Waals surface area contributed by atoms with Crippen molar-refractivity contribution >= 4 is 11.8 Å². The largest absolute Gasteiger partial charge is 0.342 e. The Hall–Kier alpha value is -1.91. The van der Waals surface area contributed by atoms with Gasteiger partial charge in [0.25, 0.3) is 0 Å². The summed E-state index contributed by atoms with van der Waals surface area (Å²) in [6, 6.07) is 6.69. The summed E-state index contributed by atoms with van der Waals surface area (Å²) in [5.74, 6) is 0.667. The van der Waals surface area contributed by atoms with Gasteiger partial charge in [-0.15, -0.1) is 0 Å². The Bertz CT molecular complexity index is 602. The van der Waals surface area contributed by atoms with E-state index < -0.39 is 0 Å². The first-order chi connectivity index (χ1) is 12.1. The van der Waals surface area contributed by atoms with Gasteiger partial charge in [0.05, 0.1) is 0 Å². The monoisotopic (exact) mass is 346 g/mol. The Labute approximate surface area is 149 Å². The number of amides is 2. The fourth-order valence-corrected chi connectivity index (χ4v) is 3.88. The molecule has 4 nitrogen and oxygen atoms in total. The predicted molar refractivity (Wildman–Crippen MR) is 94.5 cm³/mol. The van der Waals surface area contributed by atoms with Gasteiger partial charge in [-0.2, -0.15) is 0 Å². The van der Waals surface area contributed by atoms with Gasteiger partial charge in [-0.25, -0.2) is 4.39 Å². The van der Waals surface area contributed by atoms with Crippen LogP contribution in [0.5, 0.6) is 0 Å². The molecule has 0 saturated carbocycles. The van der Waals surface area contributed by atoms with Crippen molar-refractivity contribution in [3.63, 3.8) is 0 Å². The molecule has 2 amide bonds. The number of piperidine rings is 1. The second-order valence-corrected chi connectivity index (χ2v) is 7.25. The lowest BCUT2D eigenvalue weighted by Crippen LogP contribution is -2.41. The van der Waals surface area contributed by atoms with Crippen LogP contribution in [0.25, 0.3) is 0 Å². The third-order valence-corrected chi connectivity index (χ3v) is 5.39. The van der Waals surface area contributed by atoms with E-state index in [2.05, 4.69) is 0 Å². The highest BCUT2D eigenvalue weighted by Crippen LogP contribution is 2.22. The van der Waals surface area contributed by atoms with Crippen molar-refractivity contribution in [2.24, 2.45) is 5.92 Å². The van der Waals surface area contributed by atoms with E-state index in [1.54, 1.807) is 0 Å². The van der Waals surface area contributed by atoms with Crippen molar-refractivity contribution in [1.82, 2.24) is 9.80 Å². The van der Waals surface area contributed by atoms with Crippen LogP contribution in [-0.2, 0) is 16.0 Å². The van der Waals surface area contributed by atoms with Crippen LogP contribution in [-0.4, -0.2) is 47.8 Å². The number of benzene rings is 1. The SMILES string of the molecule is O=C1CCCN1CCC(=O)N1CCCC(CCc2ccc(F)cc2)C1. The first kappa shape index (κ1) is 17.9. The maximum Gasteiger partial charge on any atom is 0.224 e. The molecule has 0 aliphatic carbocycles. The topological polar surface area (TPSA) is 40.6 Å². The van der Waals surface area contributed by atoms with Gasteiger partial charge < -0.3 is 9.80 Å².